The van der Waals surface area contributed by atoms with Crippen LogP contribution in [0.3, 0.4) is 0 Å². The zero-order valence-electron chi connectivity index (χ0n) is 30.9. The van der Waals surface area contributed by atoms with Crippen LogP contribution in [0.25, 0.3) is 92.2 Å². The number of rotatable bonds is 3. The molecule has 9 aromatic carbocycles. The Hall–Kier alpha value is -7.00. The van der Waals surface area contributed by atoms with E-state index >= 15 is 0 Å². The number of hydrogen-bond acceptors (Lipinski definition) is 1. The van der Waals surface area contributed by atoms with Crippen LogP contribution in [-0.2, 0) is 5.41 Å². The van der Waals surface area contributed by atoms with Crippen molar-refractivity contribution in [1.29, 1.82) is 0 Å². The molecule has 2 heterocycles. The molecule has 1 spiro atoms. The third-order valence-corrected chi connectivity index (χ3v) is 13.9. The number of thiophene rings is 1. The molecule has 0 saturated heterocycles. The van der Waals surface area contributed by atoms with E-state index in [4.69, 9.17) is 0 Å². The lowest BCUT2D eigenvalue weighted by molar-refractivity contribution is 0.794. The van der Waals surface area contributed by atoms with Crippen molar-refractivity contribution in [2.24, 2.45) is 0 Å². The van der Waals surface area contributed by atoms with Crippen LogP contribution in [-0.4, -0.2) is 4.57 Å². The van der Waals surface area contributed by atoms with Gasteiger partial charge in [-0.1, -0.05) is 152 Å². The summed E-state index contributed by atoms with van der Waals surface area (Å²) in [6.45, 7) is 0. The Morgan fingerprint density at radius 1 is 0.351 bits per heavy atom. The molecule has 0 aliphatic heterocycles. The summed E-state index contributed by atoms with van der Waals surface area (Å²) in [4.78, 5) is 0. The van der Waals surface area contributed by atoms with Crippen molar-refractivity contribution < 1.29 is 0 Å². The van der Waals surface area contributed by atoms with Crippen molar-refractivity contribution in [2.75, 3.05) is 0 Å². The highest BCUT2D eigenvalue weighted by Crippen LogP contribution is 2.65. The average molecular weight is 740 g/mol. The monoisotopic (exact) mass is 739 g/mol. The number of fused-ring (bicyclic) bond motifs is 16. The Morgan fingerprint density at radius 3 is 1.65 bits per heavy atom. The third kappa shape index (κ3) is 4.07. The fraction of sp³-hybridized carbons (Fsp3) is 0.0182. The molecule has 0 bridgehead atoms. The minimum atomic E-state index is -0.460. The normalized spacial score (nSPS) is 13.4. The lowest BCUT2D eigenvalue weighted by Gasteiger charge is -2.31. The van der Waals surface area contributed by atoms with Gasteiger partial charge in [0.1, 0.15) is 0 Å². The molecule has 0 N–H and O–H groups in total. The fourth-order valence-electron chi connectivity index (χ4n) is 10.6. The van der Waals surface area contributed by atoms with Crippen LogP contribution in [0.1, 0.15) is 22.3 Å². The quantitative estimate of drug-likeness (QED) is 0.170. The molecule has 2 aliphatic carbocycles. The summed E-state index contributed by atoms with van der Waals surface area (Å²) < 4.78 is 5.17. The van der Waals surface area contributed by atoms with Crippen LogP contribution in [0.2, 0.25) is 0 Å². The van der Waals surface area contributed by atoms with E-state index in [-0.39, 0.29) is 0 Å². The SMILES string of the molecule is c1ccc(-c2c3c(cc4c2c2cc(-c5ccc6sc7ccccc7c6c5)ccc2n4-c2ccccc2)C2(c4ccccc4-c4ccccc42)c2ccccc2-3)cc1. The molecule has 57 heavy (non-hydrogen) atoms. The van der Waals surface area contributed by atoms with Gasteiger partial charge in [-0.2, -0.15) is 0 Å². The molecule has 1 nitrogen and oxygen atoms in total. The second-order valence-electron chi connectivity index (χ2n) is 15.5. The van der Waals surface area contributed by atoms with Gasteiger partial charge in [0.25, 0.3) is 0 Å². The molecule has 13 rings (SSSR count). The zero-order valence-corrected chi connectivity index (χ0v) is 31.7. The van der Waals surface area contributed by atoms with Gasteiger partial charge >= 0.3 is 0 Å². The van der Waals surface area contributed by atoms with Crippen LogP contribution in [0.15, 0.2) is 200 Å². The van der Waals surface area contributed by atoms with E-state index in [2.05, 4.69) is 205 Å². The first-order valence-electron chi connectivity index (χ1n) is 19.8. The van der Waals surface area contributed by atoms with Crippen LogP contribution < -0.4 is 0 Å². The van der Waals surface area contributed by atoms with E-state index < -0.39 is 5.41 Å². The maximum absolute atomic E-state index is 2.56. The van der Waals surface area contributed by atoms with E-state index in [1.54, 1.807) is 0 Å². The van der Waals surface area contributed by atoms with Crippen molar-refractivity contribution >= 4 is 53.3 Å². The van der Waals surface area contributed by atoms with Gasteiger partial charge in [-0.05, 0) is 115 Å². The first kappa shape index (κ1) is 31.2. The first-order chi connectivity index (χ1) is 28.3. The molecule has 0 unspecified atom stereocenters. The Labute approximate surface area is 334 Å². The predicted octanol–water partition coefficient (Wildman–Crippen LogP) is 14.8. The van der Waals surface area contributed by atoms with Crippen molar-refractivity contribution in [1.82, 2.24) is 4.57 Å². The Kier molecular flexibility index (Phi) is 6.31. The molecule has 2 aromatic heterocycles. The van der Waals surface area contributed by atoms with Crippen molar-refractivity contribution in [3.63, 3.8) is 0 Å². The van der Waals surface area contributed by atoms with Gasteiger partial charge in [0.15, 0.2) is 0 Å². The van der Waals surface area contributed by atoms with E-state index in [0.717, 1.165) is 5.69 Å². The molecule has 2 aliphatic rings. The molecular weight excluding hydrogens is 707 g/mol. The van der Waals surface area contributed by atoms with Gasteiger partial charge in [-0.15, -0.1) is 11.3 Å². The summed E-state index contributed by atoms with van der Waals surface area (Å²) in [6, 6.07) is 75.0. The molecular formula is C55H33NS. The highest BCUT2D eigenvalue weighted by atomic mass is 32.1. The highest BCUT2D eigenvalue weighted by Gasteiger charge is 2.52. The Balaban J connectivity index is 1.21. The second kappa shape index (κ2) is 11.5. The third-order valence-electron chi connectivity index (χ3n) is 12.8. The molecule has 0 saturated carbocycles. The number of benzene rings is 9. The van der Waals surface area contributed by atoms with Crippen molar-refractivity contribution in [3.05, 3.63) is 222 Å². The first-order valence-corrected chi connectivity index (χ1v) is 20.6. The lowest BCUT2D eigenvalue weighted by Crippen LogP contribution is -2.25. The number of nitrogens with zero attached hydrogens (tertiary/aromatic N) is 1. The van der Waals surface area contributed by atoms with Crippen LogP contribution in [0, 0.1) is 0 Å². The Bertz CT molecular complexity index is 3410. The molecule has 0 fully saturated rings. The zero-order chi connectivity index (χ0) is 37.2. The summed E-state index contributed by atoms with van der Waals surface area (Å²) >= 11 is 1.87. The minimum absolute atomic E-state index is 0.460. The van der Waals surface area contributed by atoms with Gasteiger partial charge in [0.05, 0.1) is 16.4 Å². The second-order valence-corrected chi connectivity index (χ2v) is 16.6. The van der Waals surface area contributed by atoms with Crippen LogP contribution >= 0.6 is 11.3 Å². The molecule has 11 aromatic rings. The van der Waals surface area contributed by atoms with Crippen molar-refractivity contribution in [2.45, 2.75) is 5.41 Å². The standard InChI is InChI=1S/C55H33NS/c1-3-15-34(16-4-1)52-53-41-22-9-13-25-46(41)55(44-23-11-7-19-38(44)39-20-8-12-24-45(39)55)47(53)33-49-54(52)43-32-35(27-29-48(43)56(49)37-17-5-2-6-18-37)36-28-30-51-42(31-36)40-21-10-14-26-50(40)57-51/h1-33H. The largest absolute Gasteiger partial charge is 0.309 e. The number of hydrogen-bond donors (Lipinski definition) is 0. The topological polar surface area (TPSA) is 4.93 Å². The maximum atomic E-state index is 2.56. The fourth-order valence-corrected chi connectivity index (χ4v) is 11.7. The van der Waals surface area contributed by atoms with E-state index in [1.807, 2.05) is 11.3 Å². The van der Waals surface area contributed by atoms with Gasteiger partial charge < -0.3 is 4.57 Å². The van der Waals surface area contributed by atoms with Gasteiger partial charge in [0, 0.05) is 36.6 Å². The van der Waals surface area contributed by atoms with E-state index in [9.17, 15) is 0 Å². The maximum Gasteiger partial charge on any atom is 0.0726 e. The molecule has 0 atom stereocenters. The lowest BCUT2D eigenvalue weighted by atomic mass is 9.70. The summed E-state index contributed by atoms with van der Waals surface area (Å²) in [7, 11) is 0. The predicted molar refractivity (Wildman–Crippen MR) is 241 cm³/mol. The molecule has 0 amide bonds. The minimum Gasteiger partial charge on any atom is -0.309 e. The van der Waals surface area contributed by atoms with Gasteiger partial charge in [-0.3, -0.25) is 0 Å². The van der Waals surface area contributed by atoms with Gasteiger partial charge in [-0.25, -0.2) is 0 Å². The summed E-state index contributed by atoms with van der Waals surface area (Å²) in [5.74, 6) is 0. The molecule has 2 heteroatoms. The average Bonchev–Trinajstić information content (AvgIpc) is 3.99. The Morgan fingerprint density at radius 2 is 0.912 bits per heavy atom. The van der Waals surface area contributed by atoms with E-state index in [0.29, 0.717) is 0 Å². The molecule has 0 radical (unpaired) electrons. The number of para-hydroxylation sites is 1. The summed E-state index contributed by atoms with van der Waals surface area (Å²) in [5, 5.41) is 5.19. The van der Waals surface area contributed by atoms with E-state index in [1.165, 1.54) is 109 Å². The summed E-state index contributed by atoms with van der Waals surface area (Å²) in [6.07, 6.45) is 0. The van der Waals surface area contributed by atoms with Crippen molar-refractivity contribution in [3.8, 4) is 50.2 Å². The van der Waals surface area contributed by atoms with Gasteiger partial charge in [0.2, 0.25) is 0 Å². The molecule has 264 valence electrons. The van der Waals surface area contributed by atoms with Crippen LogP contribution in [0.4, 0.5) is 0 Å². The smallest absolute Gasteiger partial charge is 0.0726 e. The van der Waals surface area contributed by atoms with Crippen LogP contribution in [0.5, 0.6) is 0 Å². The summed E-state index contributed by atoms with van der Waals surface area (Å²) in [5.41, 5.74) is 18.8. The highest BCUT2D eigenvalue weighted by molar-refractivity contribution is 7.25. The number of aromatic nitrogens is 1.